The highest BCUT2D eigenvalue weighted by Crippen LogP contribution is 2.37. The SMILES string of the molecule is CCOC(=O)/C(Cl)=C/c1cc(N2C(=O)C3=C(CCCC3)C2=O)ccc1Cl.N#Cc1cc(Br)c(O)c(Br)c1.O=C(O)CNCP(=O)(O)O. The van der Waals surface area contributed by atoms with E-state index in [1.165, 1.54) is 11.0 Å². The van der Waals surface area contributed by atoms with Crippen LogP contribution in [0.25, 0.3) is 6.08 Å². The van der Waals surface area contributed by atoms with Crippen LogP contribution in [0.15, 0.2) is 55.5 Å². The molecule has 4 rings (SSSR count). The smallest absolute Gasteiger partial charge is 0.349 e. The van der Waals surface area contributed by atoms with Crippen molar-refractivity contribution in [3.8, 4) is 11.8 Å². The summed E-state index contributed by atoms with van der Waals surface area (Å²) in [6.45, 7) is 1.44. The fourth-order valence-corrected chi connectivity index (χ4v) is 6.02. The summed E-state index contributed by atoms with van der Waals surface area (Å²) in [7, 11) is -4.10. The molecule has 2 aliphatic rings. The summed E-state index contributed by atoms with van der Waals surface area (Å²) in [6.07, 6.45) is 3.85. The van der Waals surface area contributed by atoms with Crippen LogP contribution in [0.3, 0.4) is 0 Å². The number of nitriles is 1. The van der Waals surface area contributed by atoms with E-state index < -0.39 is 32.4 Å². The van der Waals surface area contributed by atoms with E-state index in [1.54, 1.807) is 37.3 Å². The number of phenolic OH excluding ortho intramolecular Hbond substituents is 1. The molecule has 0 saturated carbocycles. The van der Waals surface area contributed by atoms with Crippen molar-refractivity contribution in [2.75, 3.05) is 24.3 Å². The number of anilines is 1. The van der Waals surface area contributed by atoms with E-state index in [9.17, 15) is 28.8 Å². The molecule has 0 spiro atoms. The van der Waals surface area contributed by atoms with Crippen LogP contribution < -0.4 is 10.2 Å². The van der Waals surface area contributed by atoms with Crippen molar-refractivity contribution in [1.29, 1.82) is 5.26 Å². The molecule has 0 bridgehead atoms. The van der Waals surface area contributed by atoms with Gasteiger partial charge < -0.3 is 24.7 Å². The topological polar surface area (TPSA) is 215 Å². The van der Waals surface area contributed by atoms with Crippen LogP contribution in [-0.4, -0.2) is 63.2 Å². The van der Waals surface area contributed by atoms with Gasteiger partial charge in [-0.2, -0.15) is 5.26 Å². The van der Waals surface area contributed by atoms with Gasteiger partial charge in [0.2, 0.25) is 0 Å². The highest BCUT2D eigenvalue weighted by Gasteiger charge is 2.39. The van der Waals surface area contributed by atoms with Crippen molar-refractivity contribution >= 4 is 98.2 Å². The Bertz CT molecular complexity index is 1650. The molecule has 0 unspecified atom stereocenters. The van der Waals surface area contributed by atoms with E-state index in [1.807, 2.05) is 6.07 Å². The van der Waals surface area contributed by atoms with Gasteiger partial charge in [0.05, 0.1) is 45.7 Å². The van der Waals surface area contributed by atoms with Crippen LogP contribution in [0.4, 0.5) is 5.69 Å². The van der Waals surface area contributed by atoms with Gasteiger partial charge in [0.1, 0.15) is 10.8 Å². The van der Waals surface area contributed by atoms with E-state index >= 15 is 0 Å². The third-order valence-electron chi connectivity index (χ3n) is 6.12. The second-order valence-electron chi connectivity index (χ2n) is 9.57. The number of hydrogen-bond donors (Lipinski definition) is 5. The number of aliphatic carboxylic acids is 1. The number of esters is 1. The molecule has 2 amide bonds. The van der Waals surface area contributed by atoms with E-state index in [-0.39, 0.29) is 29.2 Å². The summed E-state index contributed by atoms with van der Waals surface area (Å²) in [5.74, 6) is -2.25. The van der Waals surface area contributed by atoms with Crippen LogP contribution in [0.5, 0.6) is 5.75 Å². The molecule has 2 aromatic carbocycles. The molecule has 1 heterocycles. The first kappa shape index (κ1) is 40.1. The number of carboxylic acid groups (broad SMARTS) is 1. The second-order valence-corrected chi connectivity index (χ2v) is 13.7. The highest BCUT2D eigenvalue weighted by molar-refractivity contribution is 9.11. The summed E-state index contributed by atoms with van der Waals surface area (Å²) < 4.78 is 15.9. The average molecular weight is 840 g/mol. The molecule has 252 valence electrons. The predicted octanol–water partition coefficient (Wildman–Crippen LogP) is 5.81. The summed E-state index contributed by atoms with van der Waals surface area (Å²) in [5, 5.41) is 28.0. The lowest BCUT2D eigenvalue weighted by Gasteiger charge is -2.16. The first-order valence-electron chi connectivity index (χ1n) is 13.5. The fraction of sp³-hybridized carbons (Fsp3) is 0.276. The Morgan fingerprint density at radius 1 is 1.11 bits per heavy atom. The molecule has 0 saturated heterocycles. The van der Waals surface area contributed by atoms with Crippen molar-refractivity contribution < 1.29 is 48.5 Å². The Kier molecular flexibility index (Phi) is 15.8. The number of aromatic hydroxyl groups is 1. The van der Waals surface area contributed by atoms with Crippen LogP contribution >= 0.6 is 62.7 Å². The number of nitrogens with one attached hydrogen (secondary N) is 1. The maximum absolute atomic E-state index is 12.7. The second kappa shape index (κ2) is 18.5. The van der Waals surface area contributed by atoms with Gasteiger partial charge in [0.15, 0.2) is 0 Å². The third kappa shape index (κ3) is 12.2. The molecule has 13 nitrogen and oxygen atoms in total. The largest absolute Gasteiger partial charge is 0.506 e. The van der Waals surface area contributed by atoms with Crippen LogP contribution in [0, 0.1) is 11.3 Å². The number of halogens is 4. The standard InChI is InChI=1S/C19H17Cl2NO4.C7H3Br2NO.C3H8NO5P/c1-2-26-19(25)16(21)10-11-9-12(7-8-15(11)20)22-17(23)13-5-3-4-6-14(13)18(22)24;8-5-1-4(3-10)2-6(9)7(5)11;5-3(6)1-4-2-10(7,8)9/h7-10H,2-6H2,1H3;1-2,11H;4H,1-2H2,(H,5,6)(H2,7,8,9)/b16-10-;;. The first-order valence-corrected chi connectivity index (χ1v) is 17.6. The molecule has 0 radical (unpaired) electrons. The third-order valence-corrected chi connectivity index (χ3v) is 8.57. The van der Waals surface area contributed by atoms with E-state index in [2.05, 4.69) is 37.2 Å². The molecule has 0 aromatic heterocycles. The lowest BCUT2D eigenvalue weighted by molar-refractivity contribution is -0.138. The number of carboxylic acids is 1. The summed E-state index contributed by atoms with van der Waals surface area (Å²) in [6, 6.07) is 9.81. The lowest BCUT2D eigenvalue weighted by Crippen LogP contribution is -2.31. The minimum atomic E-state index is -4.10. The Hall–Kier alpha value is -3.06. The normalized spacial score (nSPS) is 14.3. The quantitative estimate of drug-likeness (QED) is 0.0922. The summed E-state index contributed by atoms with van der Waals surface area (Å²) in [4.78, 5) is 64.3. The number of carbonyl (C=O) groups is 4. The molecule has 1 aliphatic carbocycles. The van der Waals surface area contributed by atoms with Gasteiger partial charge in [-0.1, -0.05) is 23.2 Å². The minimum Gasteiger partial charge on any atom is -0.506 e. The van der Waals surface area contributed by atoms with Gasteiger partial charge >= 0.3 is 19.5 Å². The van der Waals surface area contributed by atoms with Crippen molar-refractivity contribution in [3.05, 3.63) is 71.6 Å². The lowest BCUT2D eigenvalue weighted by atomic mass is 9.93. The molecular weight excluding hydrogens is 812 g/mol. The predicted molar refractivity (Wildman–Crippen MR) is 181 cm³/mol. The maximum atomic E-state index is 12.7. The van der Waals surface area contributed by atoms with E-state index in [0.29, 0.717) is 54.8 Å². The van der Waals surface area contributed by atoms with Gasteiger partial charge in [-0.05, 0) is 106 Å². The van der Waals surface area contributed by atoms with Gasteiger partial charge in [0, 0.05) is 16.2 Å². The molecular formula is C29H28Br2Cl2N3O10P. The molecule has 0 atom stereocenters. The highest BCUT2D eigenvalue weighted by atomic mass is 79.9. The van der Waals surface area contributed by atoms with E-state index in [4.69, 9.17) is 48.1 Å². The Morgan fingerprint density at radius 3 is 2.13 bits per heavy atom. The van der Waals surface area contributed by atoms with Gasteiger partial charge in [-0.3, -0.25) is 24.3 Å². The van der Waals surface area contributed by atoms with Crippen molar-refractivity contribution in [1.82, 2.24) is 5.32 Å². The molecule has 1 aliphatic heterocycles. The zero-order valence-electron chi connectivity index (χ0n) is 24.5. The average Bonchev–Trinajstić information content (AvgIpc) is 3.26. The van der Waals surface area contributed by atoms with Gasteiger partial charge in [-0.15, -0.1) is 0 Å². The molecule has 47 heavy (non-hydrogen) atoms. The summed E-state index contributed by atoms with van der Waals surface area (Å²) in [5.41, 5.74) is 2.54. The van der Waals surface area contributed by atoms with Crippen LogP contribution in [-0.2, 0) is 28.5 Å². The molecule has 5 N–H and O–H groups in total. The Balaban J connectivity index is 0.000000301. The number of benzene rings is 2. The van der Waals surface area contributed by atoms with Gasteiger partial charge in [-0.25, -0.2) is 9.69 Å². The number of phenols is 1. The number of hydrogen-bond acceptors (Lipinski definition) is 9. The van der Waals surface area contributed by atoms with Crippen molar-refractivity contribution in [2.45, 2.75) is 32.6 Å². The van der Waals surface area contributed by atoms with Crippen LogP contribution in [0.1, 0.15) is 43.7 Å². The number of imide groups is 1. The van der Waals surface area contributed by atoms with Crippen molar-refractivity contribution in [2.24, 2.45) is 0 Å². The monoisotopic (exact) mass is 837 g/mol. The number of ether oxygens (including phenoxy) is 1. The Morgan fingerprint density at radius 2 is 1.66 bits per heavy atom. The number of carbonyl (C=O) groups excluding carboxylic acids is 3. The fourth-order valence-electron chi connectivity index (χ4n) is 4.09. The first-order chi connectivity index (χ1) is 22.0. The number of rotatable bonds is 8. The number of amides is 2. The minimum absolute atomic E-state index is 0.115. The van der Waals surface area contributed by atoms with Crippen molar-refractivity contribution in [3.63, 3.8) is 0 Å². The molecule has 18 heteroatoms. The Labute approximate surface area is 296 Å². The molecule has 2 aromatic rings. The number of nitrogens with zero attached hydrogens (tertiary/aromatic N) is 2. The maximum Gasteiger partial charge on any atom is 0.349 e. The van der Waals surface area contributed by atoms with Gasteiger partial charge in [0.25, 0.3) is 11.8 Å². The zero-order chi connectivity index (χ0) is 35.5. The van der Waals surface area contributed by atoms with Crippen LogP contribution in [0.2, 0.25) is 5.02 Å². The molecule has 0 fully saturated rings. The summed E-state index contributed by atoms with van der Waals surface area (Å²) >= 11 is 18.3. The zero-order valence-corrected chi connectivity index (χ0v) is 30.1. The van der Waals surface area contributed by atoms with E-state index in [0.717, 1.165) is 12.8 Å².